The number of amides is 6. The summed E-state index contributed by atoms with van der Waals surface area (Å²) in [5, 5.41) is 16.6. The number of urea groups is 2. The number of aliphatic carboxylic acids is 1. The van der Waals surface area contributed by atoms with Crippen LogP contribution in [0.3, 0.4) is 0 Å². The molecule has 0 aliphatic carbocycles. The number of β-lactam (4-membered cyclic amide) rings is 1. The van der Waals surface area contributed by atoms with Gasteiger partial charge in [0.25, 0.3) is 5.91 Å². The zero-order valence-corrected chi connectivity index (χ0v) is 17.8. The van der Waals surface area contributed by atoms with Crippen LogP contribution in [-0.2, 0) is 14.4 Å². The molecular weight excluding hydrogens is 438 g/mol. The van der Waals surface area contributed by atoms with Crippen molar-refractivity contribution in [3.05, 3.63) is 47.2 Å². The van der Waals surface area contributed by atoms with Gasteiger partial charge in [-0.3, -0.25) is 14.5 Å². The summed E-state index contributed by atoms with van der Waals surface area (Å²) in [4.78, 5) is 63.9. The van der Waals surface area contributed by atoms with Crippen molar-refractivity contribution in [3.63, 3.8) is 0 Å². The molecule has 0 spiro atoms. The normalized spacial score (nSPS) is 23.2. The fourth-order valence-corrected chi connectivity index (χ4v) is 5.12. The van der Waals surface area contributed by atoms with Crippen LogP contribution in [-0.4, -0.2) is 75.0 Å². The van der Waals surface area contributed by atoms with Crippen molar-refractivity contribution in [2.24, 2.45) is 0 Å². The van der Waals surface area contributed by atoms with E-state index in [1.165, 1.54) is 16.7 Å². The summed E-state index contributed by atoms with van der Waals surface area (Å²) < 4.78 is 0. The number of benzene rings is 1. The van der Waals surface area contributed by atoms with Crippen LogP contribution >= 0.6 is 11.8 Å². The van der Waals surface area contributed by atoms with Crippen LogP contribution in [0, 0.1) is 0 Å². The van der Waals surface area contributed by atoms with Gasteiger partial charge in [0.2, 0.25) is 5.91 Å². The summed E-state index contributed by atoms with van der Waals surface area (Å²) in [5.74, 6) is -1.93. The summed E-state index contributed by atoms with van der Waals surface area (Å²) in [6.45, 7) is 2.15. The van der Waals surface area contributed by atoms with E-state index >= 15 is 0 Å². The Morgan fingerprint density at radius 3 is 2.56 bits per heavy atom. The highest BCUT2D eigenvalue weighted by molar-refractivity contribution is 8.00. The van der Waals surface area contributed by atoms with Gasteiger partial charge in [-0.25, -0.2) is 19.3 Å². The van der Waals surface area contributed by atoms with Crippen molar-refractivity contribution in [2.45, 2.75) is 24.4 Å². The average Bonchev–Trinajstić information content (AvgIpc) is 3.21. The second-order valence-corrected chi connectivity index (χ2v) is 8.61. The summed E-state index contributed by atoms with van der Waals surface area (Å²) in [7, 11) is 0. The lowest BCUT2D eigenvalue weighted by atomic mass is 10.0. The SMILES string of the molecule is CC1=C(C(=O)O)N2C(=O)[C@H](NC(=O)[C@@H](NC(=O)N3CCNC3=O)c3ccccc3)[C@@H]2SC1. The maximum absolute atomic E-state index is 13.1. The molecule has 6 amide bonds. The summed E-state index contributed by atoms with van der Waals surface area (Å²) >= 11 is 1.36. The number of hydrogen-bond acceptors (Lipinski definition) is 6. The number of imide groups is 1. The molecule has 0 bridgehead atoms. The van der Waals surface area contributed by atoms with Crippen LogP contribution in [0.15, 0.2) is 41.6 Å². The Bertz CT molecular complexity index is 1030. The van der Waals surface area contributed by atoms with E-state index in [1.807, 2.05) is 0 Å². The first-order valence-electron chi connectivity index (χ1n) is 9.88. The number of carboxylic acids is 1. The van der Waals surface area contributed by atoms with Crippen LogP contribution in [0.1, 0.15) is 18.5 Å². The van der Waals surface area contributed by atoms with Gasteiger partial charge in [0.05, 0.1) is 0 Å². The molecule has 2 saturated heterocycles. The Morgan fingerprint density at radius 2 is 1.94 bits per heavy atom. The van der Waals surface area contributed by atoms with E-state index in [9.17, 15) is 29.1 Å². The Morgan fingerprint density at radius 1 is 1.22 bits per heavy atom. The van der Waals surface area contributed by atoms with Crippen molar-refractivity contribution < 1.29 is 29.1 Å². The molecule has 4 N–H and O–H groups in total. The molecule has 0 saturated carbocycles. The van der Waals surface area contributed by atoms with E-state index in [2.05, 4.69) is 16.0 Å². The number of rotatable bonds is 5. The van der Waals surface area contributed by atoms with Crippen LogP contribution < -0.4 is 16.0 Å². The lowest BCUT2D eigenvalue weighted by Crippen LogP contribution is -2.71. The molecule has 3 aliphatic rings. The fraction of sp³-hybridized carbons (Fsp3) is 0.350. The molecule has 1 aromatic carbocycles. The predicted octanol–water partition coefficient (Wildman–Crippen LogP) is 0.221. The Hall–Kier alpha value is -3.54. The molecule has 4 rings (SSSR count). The molecule has 12 heteroatoms. The molecule has 0 unspecified atom stereocenters. The number of carbonyl (C=O) groups excluding carboxylic acids is 4. The summed E-state index contributed by atoms with van der Waals surface area (Å²) in [6, 6.07) is 5.08. The lowest BCUT2D eigenvalue weighted by molar-refractivity contribution is -0.151. The van der Waals surface area contributed by atoms with E-state index in [4.69, 9.17) is 0 Å². The van der Waals surface area contributed by atoms with Crippen molar-refractivity contribution in [2.75, 3.05) is 18.8 Å². The van der Waals surface area contributed by atoms with Crippen molar-refractivity contribution >= 4 is 41.6 Å². The standard InChI is InChI=1S/C20H21N5O6S/c1-10-9-32-17-13(16(27)25(17)14(10)18(28)29)22-15(26)12(11-5-3-2-4-6-11)23-20(31)24-8-7-21-19(24)30/h2-6,12-13,17H,7-9H2,1H3,(H,21,30)(H,22,26)(H,23,31)(H,28,29)/t12-,13-,17-/m0/s1. The molecule has 0 radical (unpaired) electrons. The van der Waals surface area contributed by atoms with E-state index < -0.39 is 47.3 Å². The molecule has 3 aliphatic heterocycles. The maximum Gasteiger partial charge on any atom is 0.352 e. The van der Waals surface area contributed by atoms with E-state index in [0.29, 0.717) is 23.4 Å². The van der Waals surface area contributed by atoms with Crippen LogP contribution in [0.2, 0.25) is 0 Å². The Balaban J connectivity index is 1.51. The quantitative estimate of drug-likeness (QED) is 0.461. The largest absolute Gasteiger partial charge is 0.477 e. The van der Waals surface area contributed by atoms with Gasteiger partial charge >= 0.3 is 18.0 Å². The number of carboxylic acid groups (broad SMARTS) is 1. The lowest BCUT2D eigenvalue weighted by Gasteiger charge is -2.49. The highest BCUT2D eigenvalue weighted by Gasteiger charge is 2.54. The molecule has 3 atom stereocenters. The molecule has 0 aromatic heterocycles. The zero-order valence-electron chi connectivity index (χ0n) is 17.0. The molecule has 1 aromatic rings. The molecule has 168 valence electrons. The number of nitrogens with zero attached hydrogens (tertiary/aromatic N) is 2. The third kappa shape index (κ3) is 3.77. The minimum absolute atomic E-state index is 0.0581. The van der Waals surface area contributed by atoms with Gasteiger partial charge in [-0.2, -0.15) is 0 Å². The van der Waals surface area contributed by atoms with E-state index in [-0.39, 0.29) is 12.2 Å². The third-order valence-corrected chi connectivity index (χ3v) is 6.85. The van der Waals surface area contributed by atoms with Crippen molar-refractivity contribution in [1.82, 2.24) is 25.8 Å². The first-order chi connectivity index (χ1) is 15.3. The molecule has 11 nitrogen and oxygen atoms in total. The number of fused-ring (bicyclic) bond motifs is 1. The number of hydrogen-bond donors (Lipinski definition) is 4. The van der Waals surface area contributed by atoms with E-state index in [0.717, 1.165) is 4.90 Å². The van der Waals surface area contributed by atoms with Crippen molar-refractivity contribution in [1.29, 1.82) is 0 Å². The smallest absolute Gasteiger partial charge is 0.352 e. The van der Waals surface area contributed by atoms with Gasteiger partial charge in [-0.1, -0.05) is 30.3 Å². The monoisotopic (exact) mass is 459 g/mol. The first kappa shape index (κ1) is 21.7. The minimum Gasteiger partial charge on any atom is -0.477 e. The van der Waals surface area contributed by atoms with Gasteiger partial charge in [0, 0.05) is 18.8 Å². The van der Waals surface area contributed by atoms with Gasteiger partial charge in [0.1, 0.15) is 23.2 Å². The second kappa shape index (κ2) is 8.54. The predicted molar refractivity (Wildman–Crippen MR) is 113 cm³/mol. The molecule has 3 heterocycles. The van der Waals surface area contributed by atoms with Crippen molar-refractivity contribution in [3.8, 4) is 0 Å². The van der Waals surface area contributed by atoms with Gasteiger partial charge in [0.15, 0.2) is 0 Å². The molecule has 32 heavy (non-hydrogen) atoms. The highest BCUT2D eigenvalue weighted by Crippen LogP contribution is 2.40. The first-order valence-corrected chi connectivity index (χ1v) is 10.9. The third-order valence-electron chi connectivity index (χ3n) is 5.42. The van der Waals surface area contributed by atoms with Crippen LogP contribution in [0.4, 0.5) is 9.59 Å². The van der Waals surface area contributed by atoms with Gasteiger partial charge < -0.3 is 21.1 Å². The van der Waals surface area contributed by atoms with Gasteiger partial charge in [-0.15, -0.1) is 11.8 Å². The number of carbonyl (C=O) groups is 5. The number of nitrogens with one attached hydrogen (secondary N) is 3. The summed E-state index contributed by atoms with van der Waals surface area (Å²) in [5.41, 5.74) is 0.993. The van der Waals surface area contributed by atoms with Gasteiger partial charge in [-0.05, 0) is 18.1 Å². The van der Waals surface area contributed by atoms with Crippen LogP contribution in [0.25, 0.3) is 0 Å². The Kier molecular flexibility index (Phi) is 5.78. The zero-order chi connectivity index (χ0) is 23.0. The molecule has 2 fully saturated rings. The number of thioether (sulfide) groups is 1. The topological polar surface area (TPSA) is 148 Å². The minimum atomic E-state index is -1.19. The maximum atomic E-state index is 13.1. The second-order valence-electron chi connectivity index (χ2n) is 7.51. The van der Waals surface area contributed by atoms with Crippen LogP contribution in [0.5, 0.6) is 0 Å². The highest BCUT2D eigenvalue weighted by atomic mass is 32.2. The molecular formula is C20H21N5O6S. The average molecular weight is 459 g/mol. The Labute approximate surface area is 187 Å². The summed E-state index contributed by atoms with van der Waals surface area (Å²) in [6.07, 6.45) is 0. The van der Waals surface area contributed by atoms with E-state index in [1.54, 1.807) is 37.3 Å². The fourth-order valence-electron chi connectivity index (χ4n) is 3.82.